The third-order valence-electron chi connectivity index (χ3n) is 0.881. The Morgan fingerprint density at radius 3 is 2.08 bits per heavy atom. The SMILES string of the molecule is CCOC(=O)CCC(N)=O.Cl.Cl. The zero-order valence-electron chi connectivity index (χ0n) is 6.74. The first-order valence-corrected chi connectivity index (χ1v) is 3.10. The van der Waals surface area contributed by atoms with Gasteiger partial charge in [0, 0.05) is 6.42 Å². The average Bonchev–Trinajstić information content (AvgIpc) is 1.85. The second-order valence-electron chi connectivity index (χ2n) is 1.77. The minimum atomic E-state index is -0.479. The summed E-state index contributed by atoms with van der Waals surface area (Å²) in [5.74, 6) is -0.852. The maximum Gasteiger partial charge on any atom is 0.306 e. The van der Waals surface area contributed by atoms with Gasteiger partial charge in [0.2, 0.25) is 5.91 Å². The van der Waals surface area contributed by atoms with Crippen molar-refractivity contribution in [3.8, 4) is 0 Å². The van der Waals surface area contributed by atoms with Crippen LogP contribution in [0.4, 0.5) is 0 Å². The molecule has 0 aromatic carbocycles. The molecule has 4 nitrogen and oxygen atoms in total. The maximum atomic E-state index is 10.5. The molecule has 1 amide bonds. The van der Waals surface area contributed by atoms with Crippen LogP contribution in [0.1, 0.15) is 19.8 Å². The standard InChI is InChI=1S/C6H11NO3.2ClH/c1-2-10-6(9)4-3-5(7)8;;/h2-4H2,1H3,(H2,7,8);2*1H. The quantitative estimate of drug-likeness (QED) is 0.704. The van der Waals surface area contributed by atoms with Gasteiger partial charge in [0.1, 0.15) is 0 Å². The molecular formula is C6H13Cl2NO3. The van der Waals surface area contributed by atoms with E-state index in [9.17, 15) is 9.59 Å². The molecule has 0 unspecified atom stereocenters. The Hall–Kier alpha value is -0.480. The Kier molecular flexibility index (Phi) is 15.4. The van der Waals surface area contributed by atoms with Crippen molar-refractivity contribution in [1.29, 1.82) is 0 Å². The van der Waals surface area contributed by atoms with Crippen LogP contribution < -0.4 is 5.73 Å². The van der Waals surface area contributed by atoms with Crippen molar-refractivity contribution in [2.75, 3.05) is 6.61 Å². The Labute approximate surface area is 83.6 Å². The van der Waals surface area contributed by atoms with Gasteiger partial charge in [-0.05, 0) is 6.92 Å². The first-order chi connectivity index (χ1) is 4.66. The number of primary amides is 1. The number of carbonyl (C=O) groups is 2. The van der Waals surface area contributed by atoms with Crippen molar-refractivity contribution in [2.24, 2.45) is 5.73 Å². The van der Waals surface area contributed by atoms with E-state index in [4.69, 9.17) is 5.73 Å². The summed E-state index contributed by atoms with van der Waals surface area (Å²) in [6, 6.07) is 0. The van der Waals surface area contributed by atoms with Gasteiger partial charge < -0.3 is 10.5 Å². The second-order valence-corrected chi connectivity index (χ2v) is 1.77. The lowest BCUT2D eigenvalue weighted by atomic mass is 10.3. The number of esters is 1. The molecule has 0 rings (SSSR count). The van der Waals surface area contributed by atoms with Gasteiger partial charge in [-0.1, -0.05) is 0 Å². The Balaban J connectivity index is -0.000000405. The molecule has 12 heavy (non-hydrogen) atoms. The van der Waals surface area contributed by atoms with Crippen molar-refractivity contribution in [1.82, 2.24) is 0 Å². The second kappa shape index (κ2) is 10.5. The highest BCUT2D eigenvalue weighted by molar-refractivity contribution is 5.85. The molecule has 0 atom stereocenters. The molecular weight excluding hydrogens is 205 g/mol. The third kappa shape index (κ3) is 12.2. The summed E-state index contributed by atoms with van der Waals surface area (Å²) < 4.78 is 4.55. The first-order valence-electron chi connectivity index (χ1n) is 3.10. The summed E-state index contributed by atoms with van der Waals surface area (Å²) in [4.78, 5) is 20.6. The molecule has 0 radical (unpaired) electrons. The van der Waals surface area contributed by atoms with Crippen LogP contribution in [-0.4, -0.2) is 18.5 Å². The number of halogens is 2. The molecule has 0 aromatic rings. The molecule has 0 heterocycles. The maximum absolute atomic E-state index is 10.5. The lowest BCUT2D eigenvalue weighted by Gasteiger charge is -1.97. The molecule has 2 N–H and O–H groups in total. The van der Waals surface area contributed by atoms with Crippen molar-refractivity contribution < 1.29 is 14.3 Å². The van der Waals surface area contributed by atoms with Crippen LogP contribution >= 0.6 is 24.8 Å². The minimum Gasteiger partial charge on any atom is -0.466 e. The Morgan fingerprint density at radius 2 is 1.75 bits per heavy atom. The zero-order valence-corrected chi connectivity index (χ0v) is 8.37. The van der Waals surface area contributed by atoms with Crippen molar-refractivity contribution in [3.63, 3.8) is 0 Å². The minimum absolute atomic E-state index is 0. The summed E-state index contributed by atoms with van der Waals surface area (Å²) >= 11 is 0. The number of carbonyl (C=O) groups excluding carboxylic acids is 2. The van der Waals surface area contributed by atoms with Gasteiger partial charge in [0.05, 0.1) is 13.0 Å². The van der Waals surface area contributed by atoms with Crippen LogP contribution in [-0.2, 0) is 14.3 Å². The van der Waals surface area contributed by atoms with E-state index in [-0.39, 0.29) is 43.6 Å². The highest BCUT2D eigenvalue weighted by Crippen LogP contribution is 1.90. The number of hydrogen-bond donors (Lipinski definition) is 1. The monoisotopic (exact) mass is 217 g/mol. The summed E-state index contributed by atoms with van der Waals surface area (Å²) in [6.07, 6.45) is 0.155. The lowest BCUT2D eigenvalue weighted by Crippen LogP contribution is -2.13. The fourth-order valence-electron chi connectivity index (χ4n) is 0.458. The van der Waals surface area contributed by atoms with Crippen LogP contribution in [0.15, 0.2) is 0 Å². The molecule has 0 spiro atoms. The molecule has 6 heteroatoms. The molecule has 0 saturated heterocycles. The van der Waals surface area contributed by atoms with Crippen LogP contribution in [0.3, 0.4) is 0 Å². The third-order valence-corrected chi connectivity index (χ3v) is 0.881. The highest BCUT2D eigenvalue weighted by Gasteiger charge is 2.02. The van der Waals surface area contributed by atoms with E-state index in [0.717, 1.165) is 0 Å². The van der Waals surface area contributed by atoms with Gasteiger partial charge in [0.25, 0.3) is 0 Å². The smallest absolute Gasteiger partial charge is 0.306 e. The molecule has 0 fully saturated rings. The number of ether oxygens (including phenoxy) is 1. The van der Waals surface area contributed by atoms with E-state index in [1.807, 2.05) is 0 Å². The van der Waals surface area contributed by atoms with Crippen molar-refractivity contribution in [3.05, 3.63) is 0 Å². The number of amides is 1. The zero-order chi connectivity index (χ0) is 7.98. The topological polar surface area (TPSA) is 69.4 Å². The van der Waals surface area contributed by atoms with Gasteiger partial charge in [-0.15, -0.1) is 24.8 Å². The summed E-state index contributed by atoms with van der Waals surface area (Å²) in [6.45, 7) is 2.06. The van der Waals surface area contributed by atoms with E-state index in [1.54, 1.807) is 6.92 Å². The van der Waals surface area contributed by atoms with E-state index < -0.39 is 5.91 Å². The highest BCUT2D eigenvalue weighted by atomic mass is 35.5. The number of nitrogens with two attached hydrogens (primary N) is 1. The largest absolute Gasteiger partial charge is 0.466 e. The predicted molar refractivity (Wildman–Crippen MR) is 49.6 cm³/mol. The summed E-state index contributed by atoms with van der Waals surface area (Å²) in [5, 5.41) is 0. The lowest BCUT2D eigenvalue weighted by molar-refractivity contribution is -0.144. The van der Waals surface area contributed by atoms with Crippen LogP contribution in [0.25, 0.3) is 0 Å². The molecule has 0 aliphatic rings. The number of rotatable bonds is 4. The fraction of sp³-hybridized carbons (Fsp3) is 0.667. The average molecular weight is 218 g/mol. The van der Waals surface area contributed by atoms with E-state index in [1.165, 1.54) is 0 Å². The Morgan fingerprint density at radius 1 is 1.25 bits per heavy atom. The van der Waals surface area contributed by atoms with E-state index in [0.29, 0.717) is 6.61 Å². The van der Waals surface area contributed by atoms with E-state index >= 15 is 0 Å². The van der Waals surface area contributed by atoms with Gasteiger partial charge in [-0.3, -0.25) is 9.59 Å². The van der Waals surface area contributed by atoms with Crippen molar-refractivity contribution in [2.45, 2.75) is 19.8 Å². The number of hydrogen-bond acceptors (Lipinski definition) is 3. The van der Waals surface area contributed by atoms with Gasteiger partial charge in [0.15, 0.2) is 0 Å². The predicted octanol–water partition coefficient (Wildman–Crippen LogP) is 0.659. The molecule has 0 saturated carbocycles. The molecule has 0 aliphatic heterocycles. The van der Waals surface area contributed by atoms with Gasteiger partial charge in [-0.25, -0.2) is 0 Å². The molecule has 0 bridgehead atoms. The van der Waals surface area contributed by atoms with Crippen LogP contribution in [0, 0.1) is 0 Å². The molecule has 74 valence electrons. The van der Waals surface area contributed by atoms with Gasteiger partial charge >= 0.3 is 5.97 Å². The molecule has 0 aliphatic carbocycles. The Bertz CT molecular complexity index is 141. The van der Waals surface area contributed by atoms with Crippen LogP contribution in [0.2, 0.25) is 0 Å². The van der Waals surface area contributed by atoms with Crippen LogP contribution in [0.5, 0.6) is 0 Å². The van der Waals surface area contributed by atoms with E-state index in [2.05, 4.69) is 4.74 Å². The summed E-state index contributed by atoms with van der Waals surface area (Å²) in [5.41, 5.74) is 4.79. The molecule has 0 aromatic heterocycles. The first kappa shape index (κ1) is 17.6. The normalized spacial score (nSPS) is 7.42. The van der Waals surface area contributed by atoms with Gasteiger partial charge in [-0.2, -0.15) is 0 Å². The summed E-state index contributed by atoms with van der Waals surface area (Å²) in [7, 11) is 0. The van der Waals surface area contributed by atoms with Crippen molar-refractivity contribution >= 4 is 36.7 Å². The fourth-order valence-corrected chi connectivity index (χ4v) is 0.458.